The molecule has 6 heteroatoms. The molecule has 1 aromatic heterocycles. The summed E-state index contributed by atoms with van der Waals surface area (Å²) in [6, 6.07) is 19.3. The zero-order valence-electron chi connectivity index (χ0n) is 16.7. The van der Waals surface area contributed by atoms with Crippen molar-refractivity contribution in [1.82, 2.24) is 15.1 Å². The summed E-state index contributed by atoms with van der Waals surface area (Å²) in [4.78, 5) is 24.6. The van der Waals surface area contributed by atoms with Crippen LogP contribution in [0.2, 0.25) is 0 Å². The largest absolute Gasteiger partial charge is 0.452 e. The molecule has 3 rings (SSSR count). The van der Waals surface area contributed by atoms with Crippen LogP contribution in [-0.2, 0) is 16.1 Å². The first-order chi connectivity index (χ1) is 14.0. The lowest BCUT2D eigenvalue weighted by atomic mass is 10.1. The minimum atomic E-state index is -0.567. The summed E-state index contributed by atoms with van der Waals surface area (Å²) >= 11 is 0. The minimum Gasteiger partial charge on any atom is -0.452 e. The maximum Gasteiger partial charge on any atom is 0.342 e. The molecule has 0 radical (unpaired) electrons. The van der Waals surface area contributed by atoms with Crippen LogP contribution in [0.25, 0.3) is 11.3 Å². The number of aromatic nitrogens is 2. The molecule has 6 nitrogen and oxygen atoms in total. The van der Waals surface area contributed by atoms with Gasteiger partial charge >= 0.3 is 5.97 Å². The summed E-state index contributed by atoms with van der Waals surface area (Å²) in [6.45, 7) is 4.76. The number of carbonyl (C=O) groups excluding carboxylic acids is 2. The van der Waals surface area contributed by atoms with E-state index in [1.807, 2.05) is 74.5 Å². The molecular weight excluding hydrogens is 366 g/mol. The van der Waals surface area contributed by atoms with E-state index in [1.165, 1.54) is 0 Å². The van der Waals surface area contributed by atoms with Crippen molar-refractivity contribution in [1.29, 1.82) is 0 Å². The number of nitrogens with one attached hydrogen (secondary N) is 1. The van der Waals surface area contributed by atoms with Crippen LogP contribution < -0.4 is 5.32 Å². The number of esters is 1. The SMILES string of the molecule is CC(C)CNC(=O)COC(=O)c1cn(Cc2ccccc2)nc1-c1ccccc1. The van der Waals surface area contributed by atoms with Gasteiger partial charge in [0.25, 0.3) is 5.91 Å². The second-order valence-corrected chi connectivity index (χ2v) is 7.21. The van der Waals surface area contributed by atoms with Gasteiger partial charge in [-0.1, -0.05) is 74.5 Å². The zero-order valence-corrected chi connectivity index (χ0v) is 16.7. The second-order valence-electron chi connectivity index (χ2n) is 7.21. The first kappa shape index (κ1) is 20.3. The Morgan fingerprint density at radius 2 is 1.69 bits per heavy atom. The van der Waals surface area contributed by atoms with E-state index >= 15 is 0 Å². The Morgan fingerprint density at radius 3 is 2.34 bits per heavy atom. The van der Waals surface area contributed by atoms with Crippen LogP contribution in [0, 0.1) is 5.92 Å². The number of ether oxygens (including phenoxy) is 1. The lowest BCUT2D eigenvalue weighted by Gasteiger charge is -2.08. The Labute approximate surface area is 170 Å². The lowest BCUT2D eigenvalue weighted by Crippen LogP contribution is -2.31. The van der Waals surface area contributed by atoms with Crippen LogP contribution in [-0.4, -0.2) is 34.8 Å². The number of carbonyl (C=O) groups is 2. The summed E-state index contributed by atoms with van der Waals surface area (Å²) in [6.07, 6.45) is 1.67. The third kappa shape index (κ3) is 5.78. The van der Waals surface area contributed by atoms with Crippen LogP contribution in [0.3, 0.4) is 0 Å². The normalized spacial score (nSPS) is 10.7. The Bertz CT molecular complexity index is 950. The summed E-state index contributed by atoms with van der Waals surface area (Å²) in [5.74, 6) is -0.552. The van der Waals surface area contributed by atoms with Gasteiger partial charge in [0, 0.05) is 18.3 Å². The van der Waals surface area contributed by atoms with E-state index in [0.717, 1.165) is 11.1 Å². The van der Waals surface area contributed by atoms with Crippen molar-refractivity contribution in [2.75, 3.05) is 13.2 Å². The maximum atomic E-state index is 12.7. The van der Waals surface area contributed by atoms with E-state index < -0.39 is 5.97 Å². The number of nitrogens with zero attached hydrogens (tertiary/aromatic N) is 2. The highest BCUT2D eigenvalue weighted by Crippen LogP contribution is 2.23. The molecule has 3 aromatic rings. The Kier molecular flexibility index (Phi) is 6.79. The molecule has 0 atom stereocenters. The third-order valence-corrected chi connectivity index (χ3v) is 4.26. The average Bonchev–Trinajstić information content (AvgIpc) is 3.15. The third-order valence-electron chi connectivity index (χ3n) is 4.26. The van der Waals surface area contributed by atoms with Gasteiger partial charge in [-0.3, -0.25) is 9.48 Å². The predicted octanol–water partition coefficient (Wildman–Crippen LogP) is 3.53. The van der Waals surface area contributed by atoms with E-state index in [0.29, 0.717) is 30.3 Å². The molecule has 0 fully saturated rings. The fourth-order valence-corrected chi connectivity index (χ4v) is 2.81. The van der Waals surface area contributed by atoms with Crippen molar-refractivity contribution in [2.45, 2.75) is 20.4 Å². The molecule has 1 N–H and O–H groups in total. The zero-order chi connectivity index (χ0) is 20.6. The Morgan fingerprint density at radius 1 is 1.03 bits per heavy atom. The van der Waals surface area contributed by atoms with E-state index in [9.17, 15) is 9.59 Å². The van der Waals surface area contributed by atoms with Crippen LogP contribution in [0.1, 0.15) is 29.8 Å². The van der Waals surface area contributed by atoms with E-state index in [1.54, 1.807) is 10.9 Å². The topological polar surface area (TPSA) is 73.2 Å². The molecule has 1 amide bonds. The van der Waals surface area contributed by atoms with Gasteiger partial charge in [0.1, 0.15) is 11.3 Å². The summed E-state index contributed by atoms with van der Waals surface area (Å²) in [7, 11) is 0. The molecule has 1 heterocycles. The molecule has 0 aliphatic carbocycles. The quantitative estimate of drug-likeness (QED) is 0.596. The standard InChI is InChI=1S/C23H25N3O3/c1-17(2)13-24-21(27)16-29-23(28)20-15-26(14-18-9-5-3-6-10-18)25-22(20)19-11-7-4-8-12-19/h3-12,15,17H,13-14,16H2,1-2H3,(H,24,27). The average molecular weight is 391 g/mol. The first-order valence-electron chi connectivity index (χ1n) is 9.63. The smallest absolute Gasteiger partial charge is 0.342 e. The summed E-state index contributed by atoms with van der Waals surface area (Å²) in [5, 5.41) is 7.33. The van der Waals surface area contributed by atoms with Crippen LogP contribution in [0.4, 0.5) is 0 Å². The number of hydrogen-bond donors (Lipinski definition) is 1. The molecular formula is C23H25N3O3. The van der Waals surface area contributed by atoms with Gasteiger partial charge in [0.15, 0.2) is 6.61 Å². The van der Waals surface area contributed by atoms with Gasteiger partial charge in [0.2, 0.25) is 0 Å². The number of hydrogen-bond acceptors (Lipinski definition) is 4. The van der Waals surface area contributed by atoms with Gasteiger partial charge in [0.05, 0.1) is 6.54 Å². The van der Waals surface area contributed by atoms with Gasteiger partial charge in [-0.05, 0) is 11.5 Å². The van der Waals surface area contributed by atoms with Gasteiger partial charge in [-0.2, -0.15) is 5.10 Å². The predicted molar refractivity (Wildman–Crippen MR) is 111 cm³/mol. The summed E-state index contributed by atoms with van der Waals surface area (Å²) < 4.78 is 6.96. The highest BCUT2D eigenvalue weighted by Gasteiger charge is 2.20. The van der Waals surface area contributed by atoms with E-state index in [2.05, 4.69) is 10.4 Å². The molecule has 150 valence electrons. The molecule has 0 aliphatic heterocycles. The van der Waals surface area contributed by atoms with Crippen molar-refractivity contribution >= 4 is 11.9 Å². The Balaban J connectivity index is 1.78. The molecule has 29 heavy (non-hydrogen) atoms. The molecule has 0 bridgehead atoms. The molecule has 0 unspecified atom stereocenters. The van der Waals surface area contributed by atoms with Crippen molar-refractivity contribution in [3.05, 3.63) is 78.0 Å². The molecule has 0 saturated heterocycles. The second kappa shape index (κ2) is 9.68. The number of benzene rings is 2. The first-order valence-corrected chi connectivity index (χ1v) is 9.63. The van der Waals surface area contributed by atoms with Gasteiger partial charge in [-0.15, -0.1) is 0 Å². The monoisotopic (exact) mass is 391 g/mol. The summed E-state index contributed by atoms with van der Waals surface area (Å²) in [5.41, 5.74) is 2.76. The van der Waals surface area contributed by atoms with Crippen LogP contribution in [0.5, 0.6) is 0 Å². The van der Waals surface area contributed by atoms with E-state index in [-0.39, 0.29) is 12.5 Å². The van der Waals surface area contributed by atoms with E-state index in [4.69, 9.17) is 4.74 Å². The lowest BCUT2D eigenvalue weighted by molar-refractivity contribution is -0.124. The highest BCUT2D eigenvalue weighted by atomic mass is 16.5. The van der Waals surface area contributed by atoms with Crippen molar-refractivity contribution in [3.63, 3.8) is 0 Å². The molecule has 2 aromatic carbocycles. The van der Waals surface area contributed by atoms with Gasteiger partial charge < -0.3 is 10.1 Å². The van der Waals surface area contributed by atoms with Gasteiger partial charge in [-0.25, -0.2) is 4.79 Å². The Hall–Kier alpha value is -3.41. The van der Waals surface area contributed by atoms with Crippen LogP contribution >= 0.6 is 0 Å². The van der Waals surface area contributed by atoms with Crippen LogP contribution in [0.15, 0.2) is 66.9 Å². The highest BCUT2D eigenvalue weighted by molar-refractivity contribution is 5.97. The molecule has 0 aliphatic rings. The minimum absolute atomic E-state index is 0.315. The molecule has 0 spiro atoms. The molecule has 0 saturated carbocycles. The number of rotatable bonds is 8. The maximum absolute atomic E-state index is 12.7. The van der Waals surface area contributed by atoms with Crippen molar-refractivity contribution in [3.8, 4) is 11.3 Å². The van der Waals surface area contributed by atoms with Crippen molar-refractivity contribution in [2.24, 2.45) is 5.92 Å². The fourth-order valence-electron chi connectivity index (χ4n) is 2.81. The fraction of sp³-hybridized carbons (Fsp3) is 0.261. The number of amides is 1. The van der Waals surface area contributed by atoms with Crippen molar-refractivity contribution < 1.29 is 14.3 Å².